The molecule has 0 atom stereocenters. The Balaban J connectivity index is 2.18. The molecule has 16 heavy (non-hydrogen) atoms. The van der Waals surface area contributed by atoms with Gasteiger partial charge in [0.25, 0.3) is 0 Å². The highest BCUT2D eigenvalue weighted by Crippen LogP contribution is 2.20. The van der Waals surface area contributed by atoms with Gasteiger partial charge in [0.05, 0.1) is 0 Å². The molecule has 0 aliphatic rings. The normalized spacial score (nSPS) is 10.0. The van der Waals surface area contributed by atoms with Gasteiger partial charge >= 0.3 is 0 Å². The summed E-state index contributed by atoms with van der Waals surface area (Å²) in [5.74, 6) is 3.43. The van der Waals surface area contributed by atoms with Crippen molar-refractivity contribution in [3.8, 4) is 23.6 Å². The third kappa shape index (κ3) is 2.32. The molecule has 0 radical (unpaired) electrons. The Kier molecular flexibility index (Phi) is 3.07. The monoisotopic (exact) mass is 211 g/mol. The molecular weight excluding hydrogens is 198 g/mol. The Hall–Kier alpha value is -2.01. The molecule has 0 aliphatic carbocycles. The first-order valence-corrected chi connectivity index (χ1v) is 5.25. The van der Waals surface area contributed by atoms with E-state index in [1.54, 1.807) is 0 Å². The summed E-state index contributed by atoms with van der Waals surface area (Å²) >= 11 is 0. The minimum atomic E-state index is 0.683. The highest BCUT2D eigenvalue weighted by atomic mass is 16.5. The van der Waals surface area contributed by atoms with Gasteiger partial charge in [-0.05, 0) is 6.92 Å². The van der Waals surface area contributed by atoms with Crippen molar-refractivity contribution in [3.05, 3.63) is 41.7 Å². The highest BCUT2D eigenvalue weighted by Gasteiger charge is 2.05. The Morgan fingerprint density at radius 3 is 2.75 bits per heavy atom. The topological polar surface area (TPSA) is 26.0 Å². The lowest BCUT2D eigenvalue weighted by Crippen LogP contribution is -1.78. The summed E-state index contributed by atoms with van der Waals surface area (Å²) in [5.41, 5.74) is 3.17. The van der Waals surface area contributed by atoms with Crippen molar-refractivity contribution in [2.24, 2.45) is 0 Å². The second-order valence-corrected chi connectivity index (χ2v) is 3.75. The summed E-state index contributed by atoms with van der Waals surface area (Å²) in [4.78, 5) is 0. The van der Waals surface area contributed by atoms with Crippen LogP contribution in [0.4, 0.5) is 0 Å². The molecule has 0 aliphatic heterocycles. The van der Waals surface area contributed by atoms with Crippen LogP contribution in [0.5, 0.6) is 0 Å². The van der Waals surface area contributed by atoms with Crippen molar-refractivity contribution in [1.29, 1.82) is 0 Å². The summed E-state index contributed by atoms with van der Waals surface area (Å²) < 4.78 is 5.21. The lowest BCUT2D eigenvalue weighted by atomic mass is 10.1. The van der Waals surface area contributed by atoms with E-state index >= 15 is 0 Å². The van der Waals surface area contributed by atoms with E-state index in [-0.39, 0.29) is 0 Å². The minimum absolute atomic E-state index is 0.683. The summed E-state index contributed by atoms with van der Waals surface area (Å²) in [6.45, 7) is 2.06. The van der Waals surface area contributed by atoms with Crippen molar-refractivity contribution in [1.82, 2.24) is 5.16 Å². The van der Waals surface area contributed by atoms with Gasteiger partial charge in [-0.3, -0.25) is 0 Å². The van der Waals surface area contributed by atoms with Gasteiger partial charge in [-0.2, -0.15) is 0 Å². The zero-order valence-electron chi connectivity index (χ0n) is 9.23. The van der Waals surface area contributed by atoms with Gasteiger partial charge in [-0.25, -0.2) is 0 Å². The zero-order chi connectivity index (χ0) is 11.4. The second kappa shape index (κ2) is 4.67. The predicted molar refractivity (Wildman–Crippen MR) is 63.8 cm³/mol. The van der Waals surface area contributed by atoms with Crippen LogP contribution < -0.4 is 0 Å². The molecular formula is C14H13NO. The fourth-order valence-electron chi connectivity index (χ4n) is 1.49. The van der Waals surface area contributed by atoms with Crippen LogP contribution in [0.25, 0.3) is 11.3 Å². The van der Waals surface area contributed by atoms with Crippen LogP contribution in [0.15, 0.2) is 34.9 Å². The lowest BCUT2D eigenvalue weighted by molar-refractivity contribution is 0.386. The van der Waals surface area contributed by atoms with Gasteiger partial charge in [0, 0.05) is 24.5 Å². The molecule has 0 saturated heterocycles. The van der Waals surface area contributed by atoms with Crippen LogP contribution in [0, 0.1) is 19.3 Å². The number of hydrogen-bond acceptors (Lipinski definition) is 2. The maximum Gasteiger partial charge on any atom is 0.138 e. The molecule has 1 aromatic carbocycles. The fraction of sp³-hybridized carbons (Fsp3) is 0.214. The molecule has 0 saturated carbocycles. The van der Waals surface area contributed by atoms with E-state index in [9.17, 15) is 0 Å². The molecule has 2 rings (SSSR count). The van der Waals surface area contributed by atoms with Crippen molar-refractivity contribution >= 4 is 0 Å². The van der Waals surface area contributed by atoms with Crippen LogP contribution in [0.1, 0.15) is 17.7 Å². The molecule has 1 aromatic heterocycles. The number of hydrogen-bond donors (Lipinski definition) is 0. The van der Waals surface area contributed by atoms with Gasteiger partial charge in [-0.15, -0.1) is 12.3 Å². The van der Waals surface area contributed by atoms with Gasteiger partial charge in [-0.1, -0.05) is 35.0 Å². The Morgan fingerprint density at radius 2 is 2.06 bits per heavy atom. The average Bonchev–Trinajstić information content (AvgIpc) is 2.76. The number of benzene rings is 1. The average molecular weight is 211 g/mol. The van der Waals surface area contributed by atoms with E-state index in [2.05, 4.69) is 30.1 Å². The number of nitrogens with zero attached hydrogens (tertiary/aromatic N) is 1. The Labute approximate surface area is 95.3 Å². The van der Waals surface area contributed by atoms with Crippen LogP contribution in [-0.4, -0.2) is 5.16 Å². The molecule has 2 aromatic rings. The Morgan fingerprint density at radius 1 is 1.31 bits per heavy atom. The van der Waals surface area contributed by atoms with E-state index in [1.165, 1.54) is 5.56 Å². The largest absolute Gasteiger partial charge is 0.361 e. The van der Waals surface area contributed by atoms with E-state index in [0.717, 1.165) is 23.4 Å². The molecule has 0 spiro atoms. The number of terminal acetylenes is 1. The number of aromatic nitrogens is 1. The third-order valence-corrected chi connectivity index (χ3v) is 2.42. The van der Waals surface area contributed by atoms with Crippen LogP contribution in [0.2, 0.25) is 0 Å². The predicted octanol–water partition coefficient (Wildman–Crippen LogP) is 3.22. The Bertz CT molecular complexity index is 502. The van der Waals surface area contributed by atoms with Gasteiger partial charge in [0.1, 0.15) is 11.5 Å². The zero-order valence-corrected chi connectivity index (χ0v) is 9.23. The SMILES string of the molecule is C#CCCc1cc(-c2ccc(C)cc2)no1. The van der Waals surface area contributed by atoms with Crippen molar-refractivity contribution in [2.75, 3.05) is 0 Å². The molecule has 0 amide bonds. The molecule has 1 heterocycles. The van der Waals surface area contributed by atoms with E-state index in [4.69, 9.17) is 10.9 Å². The number of aryl methyl sites for hydroxylation is 2. The highest BCUT2D eigenvalue weighted by molar-refractivity contribution is 5.59. The van der Waals surface area contributed by atoms with E-state index < -0.39 is 0 Å². The minimum Gasteiger partial charge on any atom is -0.361 e. The first-order chi connectivity index (χ1) is 7.79. The van der Waals surface area contributed by atoms with Gasteiger partial charge in [0.15, 0.2) is 0 Å². The molecule has 2 nitrogen and oxygen atoms in total. The van der Waals surface area contributed by atoms with Crippen molar-refractivity contribution in [3.63, 3.8) is 0 Å². The summed E-state index contributed by atoms with van der Waals surface area (Å²) in [6, 6.07) is 10.1. The quantitative estimate of drug-likeness (QED) is 0.728. The summed E-state index contributed by atoms with van der Waals surface area (Å²) in [7, 11) is 0. The maximum absolute atomic E-state index is 5.21. The van der Waals surface area contributed by atoms with Crippen LogP contribution >= 0.6 is 0 Å². The smallest absolute Gasteiger partial charge is 0.138 e. The van der Waals surface area contributed by atoms with Gasteiger partial charge in [0.2, 0.25) is 0 Å². The standard InChI is InChI=1S/C14H13NO/c1-3-4-5-13-10-14(15-16-13)12-8-6-11(2)7-9-12/h1,6-10H,4-5H2,2H3. The number of rotatable bonds is 3. The molecule has 2 heteroatoms. The molecule has 0 N–H and O–H groups in total. The molecule has 0 unspecified atom stereocenters. The first-order valence-electron chi connectivity index (χ1n) is 5.25. The van der Waals surface area contributed by atoms with Gasteiger partial charge < -0.3 is 4.52 Å². The molecule has 0 fully saturated rings. The molecule has 80 valence electrons. The summed E-state index contributed by atoms with van der Waals surface area (Å²) in [5, 5.41) is 4.03. The van der Waals surface area contributed by atoms with E-state index in [1.807, 2.05) is 18.2 Å². The van der Waals surface area contributed by atoms with E-state index in [0.29, 0.717) is 6.42 Å². The maximum atomic E-state index is 5.21. The fourth-order valence-corrected chi connectivity index (χ4v) is 1.49. The van der Waals surface area contributed by atoms with Crippen LogP contribution in [-0.2, 0) is 6.42 Å². The molecule has 0 bridgehead atoms. The van der Waals surface area contributed by atoms with Crippen LogP contribution in [0.3, 0.4) is 0 Å². The first kappa shape index (κ1) is 10.5. The van der Waals surface area contributed by atoms with Crippen molar-refractivity contribution in [2.45, 2.75) is 19.8 Å². The lowest BCUT2D eigenvalue weighted by Gasteiger charge is -1.95. The third-order valence-electron chi connectivity index (χ3n) is 2.42. The van der Waals surface area contributed by atoms with Crippen molar-refractivity contribution < 1.29 is 4.52 Å². The second-order valence-electron chi connectivity index (χ2n) is 3.75. The summed E-state index contributed by atoms with van der Waals surface area (Å²) in [6.07, 6.45) is 6.63.